The molecule has 2 atom stereocenters. The maximum absolute atomic E-state index is 13.3. The highest BCUT2D eigenvalue weighted by Crippen LogP contribution is 2.27. The average Bonchev–Trinajstić information content (AvgIpc) is 3.40. The number of nitrogens with two attached hydrogens (primary N) is 1. The fraction of sp³-hybridized carbons (Fsp3) is 0.409. The van der Waals surface area contributed by atoms with Crippen LogP contribution in [-0.4, -0.2) is 109 Å². The van der Waals surface area contributed by atoms with Gasteiger partial charge in [0.25, 0.3) is 11.8 Å². The molecule has 4 heterocycles. The number of amides is 4. The molecule has 0 radical (unpaired) electrons. The van der Waals surface area contributed by atoms with Crippen molar-refractivity contribution in [3.05, 3.63) is 39.3 Å². The molecule has 0 saturated carbocycles. The van der Waals surface area contributed by atoms with E-state index in [1.165, 1.54) is 5.38 Å². The number of hydrogen-bond acceptors (Lipinski definition) is 15. The molecule has 45 heavy (non-hydrogen) atoms. The number of pyridine rings is 1. The van der Waals surface area contributed by atoms with Crippen molar-refractivity contribution in [3.63, 3.8) is 0 Å². The van der Waals surface area contributed by atoms with Gasteiger partial charge >= 0.3 is 22.3 Å². The lowest BCUT2D eigenvalue weighted by atomic mass is 9.95. The van der Waals surface area contributed by atoms with E-state index >= 15 is 0 Å². The molecule has 2 fully saturated rings. The summed E-state index contributed by atoms with van der Waals surface area (Å²) in [5, 5.41) is 40.5. The van der Waals surface area contributed by atoms with Crippen molar-refractivity contribution in [2.45, 2.75) is 37.1 Å². The van der Waals surface area contributed by atoms with E-state index in [0.29, 0.717) is 10.9 Å². The monoisotopic (exact) mass is 674 g/mol. The van der Waals surface area contributed by atoms with Crippen molar-refractivity contribution < 1.29 is 57.1 Å². The second-order valence-corrected chi connectivity index (χ2v) is 11.7. The number of carboxylic acids is 1. The molecule has 2 saturated heterocycles. The topological polar surface area (TPSA) is 314 Å². The van der Waals surface area contributed by atoms with Crippen molar-refractivity contribution in [3.8, 4) is 5.75 Å². The Labute approximate surface area is 256 Å². The van der Waals surface area contributed by atoms with Gasteiger partial charge in [-0.2, -0.15) is 13.1 Å². The van der Waals surface area contributed by atoms with E-state index < -0.39 is 81.8 Å². The van der Waals surface area contributed by atoms with E-state index in [1.54, 1.807) is 0 Å². The SMILES string of the molecule is Nc1nc(C(=NOC2(C(=O)O)CCOCC2)C(=O)N[C@@H]2C(=O)N(S(=O)(=O)O)[C@H]2CNC(=O)NCc2cc(=O)c(O)cn2O)cs1. The summed E-state index contributed by atoms with van der Waals surface area (Å²) in [5.74, 6) is -4.57. The molecule has 23 heteroatoms. The number of aromatic hydroxyl groups is 1. The highest BCUT2D eigenvalue weighted by Gasteiger charge is 2.54. The quantitative estimate of drug-likeness (QED) is 0.0392. The summed E-state index contributed by atoms with van der Waals surface area (Å²) in [7, 11) is -5.16. The number of nitrogen functional groups attached to an aromatic ring is 1. The van der Waals surface area contributed by atoms with Gasteiger partial charge in [0.1, 0.15) is 11.7 Å². The van der Waals surface area contributed by atoms with Gasteiger partial charge in [-0.25, -0.2) is 18.9 Å². The molecule has 0 aliphatic carbocycles. The van der Waals surface area contributed by atoms with E-state index in [0.717, 1.165) is 17.4 Å². The Hall–Kier alpha value is -5.00. The van der Waals surface area contributed by atoms with Crippen LogP contribution in [0.3, 0.4) is 0 Å². The lowest BCUT2D eigenvalue weighted by Gasteiger charge is -2.44. The number of carbonyl (C=O) groups is 4. The molecule has 4 rings (SSSR count). The molecule has 2 aliphatic heterocycles. The number of oxime groups is 1. The predicted octanol–water partition coefficient (Wildman–Crippen LogP) is -2.82. The number of hydrogen-bond donors (Lipinski definition) is 8. The number of rotatable bonds is 11. The average molecular weight is 675 g/mol. The molecular formula is C22H26N8O13S2. The third kappa shape index (κ3) is 7.22. The number of carboxylic acid groups (broad SMARTS) is 1. The van der Waals surface area contributed by atoms with Crippen LogP contribution < -0.4 is 27.1 Å². The zero-order valence-electron chi connectivity index (χ0n) is 22.8. The Balaban J connectivity index is 1.49. The van der Waals surface area contributed by atoms with Gasteiger partial charge in [-0.1, -0.05) is 5.16 Å². The van der Waals surface area contributed by atoms with E-state index in [1.807, 2.05) is 0 Å². The van der Waals surface area contributed by atoms with Crippen molar-refractivity contribution >= 4 is 56.3 Å². The molecule has 2 aliphatic rings. The summed E-state index contributed by atoms with van der Waals surface area (Å²) < 4.78 is 38.8. The minimum atomic E-state index is -5.16. The Morgan fingerprint density at radius 1 is 1.24 bits per heavy atom. The lowest BCUT2D eigenvalue weighted by molar-refractivity contribution is -0.178. The number of β-lactam (4-membered cyclic amide) rings is 1. The molecule has 0 spiro atoms. The Morgan fingerprint density at radius 2 is 1.93 bits per heavy atom. The van der Waals surface area contributed by atoms with Crippen LogP contribution in [0.15, 0.2) is 27.6 Å². The first-order chi connectivity index (χ1) is 21.1. The standard InChI is InChI=1S/C22H26N8O13S2/c23-20-26-11(9-44-20)15(28-43-22(19(35)36)1-3-42-4-2-22)17(33)27-16-12(30(18(16)34)45(39,40)41)7-25-21(37)24-6-10-5-13(31)14(32)8-29(10)38/h5,8-9,12,16,32,38H,1-4,6-7H2,(H2,23,26)(H,27,33)(H,35,36)(H2,24,25,37)(H,39,40,41)/t12-,16-/m0/s1. The summed E-state index contributed by atoms with van der Waals surface area (Å²) in [4.78, 5) is 71.1. The number of thiazole rings is 1. The number of urea groups is 1. The van der Waals surface area contributed by atoms with Crippen molar-refractivity contribution in [2.75, 3.05) is 25.5 Å². The largest absolute Gasteiger partial charge is 0.503 e. The molecule has 9 N–H and O–H groups in total. The minimum absolute atomic E-state index is 0.000343. The second-order valence-electron chi connectivity index (χ2n) is 9.57. The summed E-state index contributed by atoms with van der Waals surface area (Å²) in [5.41, 5.74) is 2.06. The van der Waals surface area contributed by atoms with Crippen LogP contribution >= 0.6 is 11.3 Å². The van der Waals surface area contributed by atoms with Gasteiger partial charge < -0.3 is 46.7 Å². The molecule has 244 valence electrons. The van der Waals surface area contributed by atoms with Gasteiger partial charge in [0.05, 0.1) is 37.7 Å². The van der Waals surface area contributed by atoms with Crippen LogP contribution in [0.5, 0.6) is 5.75 Å². The van der Waals surface area contributed by atoms with Crippen LogP contribution in [0, 0.1) is 0 Å². The van der Waals surface area contributed by atoms with Crippen molar-refractivity contribution in [2.24, 2.45) is 5.16 Å². The van der Waals surface area contributed by atoms with Crippen LogP contribution in [0.25, 0.3) is 0 Å². The Bertz CT molecular complexity index is 1700. The van der Waals surface area contributed by atoms with E-state index in [2.05, 4.69) is 26.1 Å². The molecule has 0 unspecified atom stereocenters. The third-order valence-corrected chi connectivity index (χ3v) is 8.30. The van der Waals surface area contributed by atoms with Crippen LogP contribution in [-0.2, 0) is 40.8 Å². The van der Waals surface area contributed by atoms with Gasteiger partial charge in [-0.05, 0) is 0 Å². The van der Waals surface area contributed by atoms with Gasteiger partial charge in [0.15, 0.2) is 16.6 Å². The number of carbonyl (C=O) groups excluding carboxylic acids is 3. The van der Waals surface area contributed by atoms with E-state index in [4.69, 9.17) is 15.3 Å². The van der Waals surface area contributed by atoms with Gasteiger partial charge in [-0.3, -0.25) is 18.9 Å². The summed E-state index contributed by atoms with van der Waals surface area (Å²) in [6.07, 6.45) is 0.481. The Morgan fingerprint density at radius 3 is 2.53 bits per heavy atom. The van der Waals surface area contributed by atoms with Crippen molar-refractivity contribution in [1.29, 1.82) is 0 Å². The number of aromatic nitrogens is 2. The number of aliphatic carboxylic acids is 1. The molecule has 2 aromatic rings. The molecule has 2 aromatic heterocycles. The van der Waals surface area contributed by atoms with Crippen LogP contribution in [0.1, 0.15) is 24.2 Å². The van der Waals surface area contributed by atoms with E-state index in [-0.39, 0.29) is 46.9 Å². The second kappa shape index (κ2) is 12.9. The highest BCUT2D eigenvalue weighted by atomic mass is 32.2. The fourth-order valence-electron chi connectivity index (χ4n) is 4.27. The van der Waals surface area contributed by atoms with Crippen LogP contribution in [0.4, 0.5) is 9.93 Å². The van der Waals surface area contributed by atoms with Gasteiger partial charge in [0.2, 0.25) is 11.0 Å². The van der Waals surface area contributed by atoms with Gasteiger partial charge in [-0.15, -0.1) is 11.3 Å². The fourth-order valence-corrected chi connectivity index (χ4v) is 5.69. The number of nitrogens with zero attached hydrogens (tertiary/aromatic N) is 4. The zero-order chi connectivity index (χ0) is 33.1. The van der Waals surface area contributed by atoms with Gasteiger partial charge in [0, 0.05) is 30.8 Å². The zero-order valence-corrected chi connectivity index (χ0v) is 24.4. The first kappa shape index (κ1) is 32.9. The number of ether oxygens (including phenoxy) is 1. The van der Waals surface area contributed by atoms with Crippen molar-refractivity contribution in [1.82, 2.24) is 30.0 Å². The number of anilines is 1. The normalized spacial score (nSPS) is 19.7. The van der Waals surface area contributed by atoms with E-state index in [9.17, 15) is 52.4 Å². The molecular weight excluding hydrogens is 648 g/mol. The van der Waals surface area contributed by atoms with Crippen LogP contribution in [0.2, 0.25) is 0 Å². The minimum Gasteiger partial charge on any atom is -0.503 e. The summed E-state index contributed by atoms with van der Waals surface area (Å²) in [6.45, 7) is -1.03. The first-order valence-electron chi connectivity index (χ1n) is 12.7. The third-order valence-electron chi connectivity index (χ3n) is 6.68. The number of nitrogens with one attached hydrogen (secondary N) is 3. The predicted molar refractivity (Wildman–Crippen MR) is 148 cm³/mol. The molecule has 0 bridgehead atoms. The first-order valence-corrected chi connectivity index (χ1v) is 15.0. The maximum atomic E-state index is 13.3. The summed E-state index contributed by atoms with van der Waals surface area (Å²) >= 11 is 0.902. The molecule has 4 amide bonds. The smallest absolute Gasteiger partial charge is 0.362 e. The molecule has 21 nitrogen and oxygen atoms in total. The highest BCUT2D eigenvalue weighted by molar-refractivity contribution is 7.84. The Kier molecular flexibility index (Phi) is 9.45. The molecule has 0 aromatic carbocycles. The summed E-state index contributed by atoms with van der Waals surface area (Å²) in [6, 6.07) is -3.36. The lowest BCUT2D eigenvalue weighted by Crippen LogP contribution is -2.74. The maximum Gasteiger partial charge on any atom is 0.362 e.